The van der Waals surface area contributed by atoms with Crippen molar-refractivity contribution in [2.75, 3.05) is 19.8 Å². The van der Waals surface area contributed by atoms with Crippen molar-refractivity contribution in [3.05, 3.63) is 89.5 Å². The summed E-state index contributed by atoms with van der Waals surface area (Å²) in [5.74, 6) is -0.790. The number of aliphatic carboxylic acids is 1. The molecule has 0 aliphatic heterocycles. The standard InChI is InChI=1S/C28H28N2O6/c1-18(31)29-14-15-35-20-12-10-19(11-13-20)16-26(27(32)33)30-28(34)36-17-25-23-8-4-2-6-21(23)22-7-3-5-9-24(22)25/h2-13,25-26H,14-17H2,1H3,(H,29,31)(H,30,34)(H,32,33). The van der Waals surface area contributed by atoms with Crippen molar-refractivity contribution in [3.8, 4) is 16.9 Å². The molecule has 0 bridgehead atoms. The number of fused-ring (bicyclic) bond motifs is 3. The summed E-state index contributed by atoms with van der Waals surface area (Å²) in [5, 5.41) is 14.7. The molecule has 1 unspecified atom stereocenters. The summed E-state index contributed by atoms with van der Waals surface area (Å²) in [5.41, 5.74) is 5.12. The molecule has 2 amide bonds. The van der Waals surface area contributed by atoms with Crippen LogP contribution in [0.1, 0.15) is 29.5 Å². The molecule has 4 rings (SSSR count). The number of hydrogen-bond donors (Lipinski definition) is 3. The highest BCUT2D eigenvalue weighted by Crippen LogP contribution is 2.44. The number of ether oxygens (including phenoxy) is 2. The van der Waals surface area contributed by atoms with E-state index in [0.717, 1.165) is 27.8 Å². The smallest absolute Gasteiger partial charge is 0.407 e. The second-order valence-electron chi connectivity index (χ2n) is 8.54. The molecule has 0 spiro atoms. The van der Waals surface area contributed by atoms with Gasteiger partial charge in [-0.25, -0.2) is 9.59 Å². The Bertz CT molecular complexity index is 1200. The Morgan fingerprint density at radius 1 is 0.917 bits per heavy atom. The summed E-state index contributed by atoms with van der Waals surface area (Å²) < 4.78 is 11.0. The summed E-state index contributed by atoms with van der Waals surface area (Å²) in [6, 6.07) is 21.8. The third kappa shape index (κ3) is 6.02. The van der Waals surface area contributed by atoms with Crippen molar-refractivity contribution in [1.82, 2.24) is 10.6 Å². The lowest BCUT2D eigenvalue weighted by Gasteiger charge is -2.17. The number of rotatable bonds is 10. The summed E-state index contributed by atoms with van der Waals surface area (Å²) in [6.45, 7) is 2.25. The minimum atomic E-state index is -1.15. The molecule has 36 heavy (non-hydrogen) atoms. The number of carbonyl (C=O) groups excluding carboxylic acids is 2. The van der Waals surface area contributed by atoms with E-state index < -0.39 is 18.1 Å². The van der Waals surface area contributed by atoms with Gasteiger partial charge in [0, 0.05) is 19.3 Å². The van der Waals surface area contributed by atoms with Crippen molar-refractivity contribution < 1.29 is 29.0 Å². The fourth-order valence-corrected chi connectivity index (χ4v) is 4.34. The number of amides is 2. The Labute approximate surface area is 209 Å². The number of hydrogen-bond acceptors (Lipinski definition) is 5. The van der Waals surface area contributed by atoms with Crippen molar-refractivity contribution in [1.29, 1.82) is 0 Å². The molecule has 1 aliphatic rings. The largest absolute Gasteiger partial charge is 0.492 e. The van der Waals surface area contributed by atoms with Crippen LogP contribution in [-0.4, -0.2) is 48.9 Å². The van der Waals surface area contributed by atoms with Crippen molar-refractivity contribution in [2.24, 2.45) is 0 Å². The zero-order chi connectivity index (χ0) is 25.5. The lowest BCUT2D eigenvalue weighted by atomic mass is 9.98. The molecule has 186 valence electrons. The van der Waals surface area contributed by atoms with Crippen LogP contribution >= 0.6 is 0 Å². The van der Waals surface area contributed by atoms with Crippen molar-refractivity contribution in [3.63, 3.8) is 0 Å². The molecule has 8 heteroatoms. The van der Waals surface area contributed by atoms with Gasteiger partial charge < -0.3 is 25.2 Å². The third-order valence-corrected chi connectivity index (χ3v) is 6.04. The quantitative estimate of drug-likeness (QED) is 0.375. The average molecular weight is 489 g/mol. The molecule has 0 fully saturated rings. The second kappa shape index (κ2) is 11.4. The molecule has 0 aromatic heterocycles. The Morgan fingerprint density at radius 3 is 2.11 bits per heavy atom. The molecule has 0 heterocycles. The normalized spacial score (nSPS) is 12.7. The molecule has 0 radical (unpaired) electrons. The second-order valence-corrected chi connectivity index (χ2v) is 8.54. The number of alkyl carbamates (subject to hydrolysis) is 1. The summed E-state index contributed by atoms with van der Waals surface area (Å²) >= 11 is 0. The molecule has 1 atom stereocenters. The van der Waals surface area contributed by atoms with Crippen molar-refractivity contribution in [2.45, 2.75) is 25.3 Å². The number of carboxylic acids is 1. The summed E-state index contributed by atoms with van der Waals surface area (Å²) in [6.07, 6.45) is -0.687. The summed E-state index contributed by atoms with van der Waals surface area (Å²) in [4.78, 5) is 35.2. The third-order valence-electron chi connectivity index (χ3n) is 6.04. The molecule has 0 saturated carbocycles. The van der Waals surface area contributed by atoms with Crippen LogP contribution in [0.2, 0.25) is 0 Å². The molecular weight excluding hydrogens is 460 g/mol. The van der Waals surface area contributed by atoms with E-state index >= 15 is 0 Å². The van der Waals surface area contributed by atoms with E-state index in [0.29, 0.717) is 18.9 Å². The number of nitrogens with one attached hydrogen (secondary N) is 2. The predicted octanol–water partition coefficient (Wildman–Crippen LogP) is 3.74. The minimum Gasteiger partial charge on any atom is -0.492 e. The molecule has 3 aromatic carbocycles. The number of carboxylic acid groups (broad SMARTS) is 1. The van der Waals surface area contributed by atoms with Gasteiger partial charge in [0.05, 0.1) is 6.54 Å². The molecule has 3 N–H and O–H groups in total. The fraction of sp³-hybridized carbons (Fsp3) is 0.250. The maximum atomic E-state index is 12.5. The Kier molecular flexibility index (Phi) is 7.85. The van der Waals surface area contributed by atoms with Gasteiger partial charge in [-0.05, 0) is 39.9 Å². The van der Waals surface area contributed by atoms with Gasteiger partial charge in [-0.15, -0.1) is 0 Å². The first-order valence-corrected chi connectivity index (χ1v) is 11.7. The zero-order valence-electron chi connectivity index (χ0n) is 19.9. The molecule has 3 aromatic rings. The van der Waals surface area contributed by atoms with Crippen LogP contribution in [0, 0.1) is 0 Å². The van der Waals surface area contributed by atoms with Crippen LogP contribution < -0.4 is 15.4 Å². The van der Waals surface area contributed by atoms with Gasteiger partial charge in [0.25, 0.3) is 0 Å². The Morgan fingerprint density at radius 2 is 1.53 bits per heavy atom. The highest BCUT2D eigenvalue weighted by molar-refractivity contribution is 5.81. The monoisotopic (exact) mass is 488 g/mol. The first-order valence-electron chi connectivity index (χ1n) is 11.7. The number of carbonyl (C=O) groups is 3. The zero-order valence-corrected chi connectivity index (χ0v) is 19.9. The minimum absolute atomic E-state index is 0.0890. The van der Waals surface area contributed by atoms with Crippen LogP contribution in [0.5, 0.6) is 5.75 Å². The summed E-state index contributed by atoms with van der Waals surface area (Å²) in [7, 11) is 0. The molecule has 8 nitrogen and oxygen atoms in total. The molecule has 1 aliphatic carbocycles. The topological polar surface area (TPSA) is 114 Å². The Hall–Kier alpha value is -4.33. The average Bonchev–Trinajstić information content (AvgIpc) is 3.19. The maximum Gasteiger partial charge on any atom is 0.407 e. The van der Waals surface area contributed by atoms with Gasteiger partial charge in [-0.1, -0.05) is 60.7 Å². The van der Waals surface area contributed by atoms with Crippen molar-refractivity contribution >= 4 is 18.0 Å². The van der Waals surface area contributed by atoms with Gasteiger partial charge in [-0.2, -0.15) is 0 Å². The van der Waals surface area contributed by atoms with E-state index in [-0.39, 0.29) is 24.9 Å². The van der Waals surface area contributed by atoms with E-state index in [4.69, 9.17) is 9.47 Å². The molecule has 0 saturated heterocycles. The van der Waals surface area contributed by atoms with E-state index in [2.05, 4.69) is 10.6 Å². The van der Waals surface area contributed by atoms with E-state index in [1.54, 1.807) is 24.3 Å². The van der Waals surface area contributed by atoms with Gasteiger partial charge in [0.15, 0.2) is 0 Å². The van der Waals surface area contributed by atoms with Crippen LogP contribution in [0.15, 0.2) is 72.8 Å². The molecular formula is C28H28N2O6. The Balaban J connectivity index is 1.32. The van der Waals surface area contributed by atoms with Gasteiger partial charge in [-0.3, -0.25) is 4.79 Å². The first kappa shape index (κ1) is 24.8. The van der Waals surface area contributed by atoms with E-state index in [1.165, 1.54) is 6.92 Å². The highest BCUT2D eigenvalue weighted by atomic mass is 16.5. The van der Waals surface area contributed by atoms with Crippen LogP contribution in [0.25, 0.3) is 11.1 Å². The SMILES string of the molecule is CC(=O)NCCOc1ccc(CC(NC(=O)OCC2c3ccccc3-c3ccccc32)C(=O)O)cc1. The van der Waals surface area contributed by atoms with Crippen LogP contribution in [0.3, 0.4) is 0 Å². The van der Waals surface area contributed by atoms with Gasteiger partial charge >= 0.3 is 12.1 Å². The van der Waals surface area contributed by atoms with Crippen LogP contribution in [-0.2, 0) is 20.7 Å². The highest BCUT2D eigenvalue weighted by Gasteiger charge is 2.29. The number of benzene rings is 3. The first-order chi connectivity index (χ1) is 17.4. The maximum absolute atomic E-state index is 12.5. The van der Waals surface area contributed by atoms with Gasteiger partial charge in [0.2, 0.25) is 5.91 Å². The van der Waals surface area contributed by atoms with Gasteiger partial charge in [0.1, 0.15) is 25.0 Å². The van der Waals surface area contributed by atoms with Crippen LogP contribution in [0.4, 0.5) is 4.79 Å². The van der Waals surface area contributed by atoms with E-state index in [1.807, 2.05) is 48.5 Å². The lowest BCUT2D eigenvalue weighted by Crippen LogP contribution is -2.42. The predicted molar refractivity (Wildman–Crippen MR) is 134 cm³/mol. The fourth-order valence-electron chi connectivity index (χ4n) is 4.34. The van der Waals surface area contributed by atoms with E-state index in [9.17, 15) is 19.5 Å². The lowest BCUT2D eigenvalue weighted by molar-refractivity contribution is -0.139.